The number of carbonyl (C=O) groups is 2. The van der Waals surface area contributed by atoms with Crippen molar-refractivity contribution in [2.75, 3.05) is 13.1 Å². The molecule has 0 radical (unpaired) electrons. The zero-order valence-electron chi connectivity index (χ0n) is 14.9. The maximum Gasteiger partial charge on any atom is 0.407 e. The normalized spacial score (nSPS) is 12.9. The van der Waals surface area contributed by atoms with Gasteiger partial charge in [-0.2, -0.15) is 0 Å². The Bertz CT molecular complexity index is 734. The SMILES string of the molecule is NCC(=O)c1ccc(C(O)C(O)CCNC(=O)OCc2ccccc2)cc1. The lowest BCUT2D eigenvalue weighted by Crippen LogP contribution is -2.29. The summed E-state index contributed by atoms with van der Waals surface area (Å²) >= 11 is 0. The third-order valence-electron chi connectivity index (χ3n) is 4.05. The predicted molar refractivity (Wildman–Crippen MR) is 100 cm³/mol. The van der Waals surface area contributed by atoms with Crippen molar-refractivity contribution >= 4 is 11.9 Å². The maximum absolute atomic E-state index is 11.6. The van der Waals surface area contributed by atoms with Crippen LogP contribution in [0.4, 0.5) is 4.79 Å². The largest absolute Gasteiger partial charge is 0.445 e. The predicted octanol–water partition coefficient (Wildman–Crippen LogP) is 1.54. The summed E-state index contributed by atoms with van der Waals surface area (Å²) in [4.78, 5) is 23.1. The van der Waals surface area contributed by atoms with E-state index in [-0.39, 0.29) is 31.9 Å². The number of alkyl carbamates (subject to hydrolysis) is 1. The molecule has 0 fully saturated rings. The van der Waals surface area contributed by atoms with Gasteiger partial charge in [0.05, 0.1) is 12.6 Å². The van der Waals surface area contributed by atoms with Crippen LogP contribution < -0.4 is 11.1 Å². The van der Waals surface area contributed by atoms with Gasteiger partial charge in [-0.25, -0.2) is 4.79 Å². The number of benzene rings is 2. The molecule has 0 saturated heterocycles. The molecular weight excluding hydrogens is 348 g/mol. The lowest BCUT2D eigenvalue weighted by atomic mass is 10.00. The van der Waals surface area contributed by atoms with Crippen LogP contribution in [0.3, 0.4) is 0 Å². The molecule has 0 heterocycles. The highest BCUT2D eigenvalue weighted by Crippen LogP contribution is 2.19. The second-order valence-electron chi connectivity index (χ2n) is 6.04. The molecule has 0 aromatic heterocycles. The minimum absolute atomic E-state index is 0.0867. The molecule has 0 aliphatic heterocycles. The fourth-order valence-corrected chi connectivity index (χ4v) is 2.46. The van der Waals surface area contributed by atoms with Crippen LogP contribution in [0.1, 0.15) is 34.0 Å². The molecule has 1 amide bonds. The van der Waals surface area contributed by atoms with E-state index in [0.717, 1.165) is 5.56 Å². The zero-order chi connectivity index (χ0) is 19.6. The van der Waals surface area contributed by atoms with E-state index in [0.29, 0.717) is 11.1 Å². The molecule has 7 nitrogen and oxygen atoms in total. The number of aliphatic hydroxyl groups excluding tert-OH is 2. The summed E-state index contributed by atoms with van der Waals surface area (Å²) in [5.41, 5.74) is 7.10. The Kier molecular flexibility index (Phi) is 7.94. The van der Waals surface area contributed by atoms with Crippen LogP contribution in [0.15, 0.2) is 54.6 Å². The molecule has 2 unspecified atom stereocenters. The fourth-order valence-electron chi connectivity index (χ4n) is 2.46. The van der Waals surface area contributed by atoms with Gasteiger partial charge in [0.15, 0.2) is 5.78 Å². The number of Topliss-reactive ketones (excluding diaryl/α,β-unsaturated/α-hetero) is 1. The van der Waals surface area contributed by atoms with E-state index in [1.165, 1.54) is 0 Å². The molecule has 27 heavy (non-hydrogen) atoms. The molecular formula is C20H24N2O5. The first-order valence-electron chi connectivity index (χ1n) is 8.65. The van der Waals surface area contributed by atoms with Gasteiger partial charge in [-0.05, 0) is 17.5 Å². The van der Waals surface area contributed by atoms with Gasteiger partial charge in [-0.1, -0.05) is 54.6 Å². The van der Waals surface area contributed by atoms with Crippen LogP contribution >= 0.6 is 0 Å². The van der Waals surface area contributed by atoms with Gasteiger partial charge in [-0.15, -0.1) is 0 Å². The van der Waals surface area contributed by atoms with Crippen molar-refractivity contribution in [1.29, 1.82) is 0 Å². The average Bonchev–Trinajstić information content (AvgIpc) is 2.72. The minimum Gasteiger partial charge on any atom is -0.445 e. The molecule has 0 spiro atoms. The summed E-state index contributed by atoms with van der Waals surface area (Å²) in [5, 5.41) is 22.8. The second-order valence-corrected chi connectivity index (χ2v) is 6.04. The highest BCUT2D eigenvalue weighted by atomic mass is 16.5. The van der Waals surface area contributed by atoms with Gasteiger partial charge in [0.2, 0.25) is 0 Å². The molecule has 0 aliphatic carbocycles. The maximum atomic E-state index is 11.6. The van der Waals surface area contributed by atoms with Crippen LogP contribution in [0.25, 0.3) is 0 Å². The number of nitrogens with two attached hydrogens (primary N) is 1. The number of ether oxygens (including phenoxy) is 1. The Morgan fingerprint density at radius 3 is 2.33 bits per heavy atom. The van der Waals surface area contributed by atoms with Gasteiger partial charge >= 0.3 is 6.09 Å². The number of hydrogen-bond acceptors (Lipinski definition) is 6. The third kappa shape index (κ3) is 6.49. The van der Waals surface area contributed by atoms with Crippen LogP contribution in [0, 0.1) is 0 Å². The Morgan fingerprint density at radius 1 is 1.04 bits per heavy atom. The standard InChI is InChI=1S/C20H24N2O5/c21-12-18(24)15-6-8-16(9-7-15)19(25)17(23)10-11-22-20(26)27-13-14-4-2-1-3-5-14/h1-9,17,19,23,25H,10-13,21H2,(H,22,26). The van der Waals surface area contributed by atoms with E-state index in [9.17, 15) is 19.8 Å². The Balaban J connectivity index is 1.73. The van der Waals surface area contributed by atoms with E-state index in [1.807, 2.05) is 30.3 Å². The monoisotopic (exact) mass is 372 g/mol. The quantitative estimate of drug-likeness (QED) is 0.495. The van der Waals surface area contributed by atoms with Gasteiger partial charge in [0, 0.05) is 12.1 Å². The molecule has 7 heteroatoms. The van der Waals surface area contributed by atoms with Gasteiger partial charge < -0.3 is 26.0 Å². The lowest BCUT2D eigenvalue weighted by molar-refractivity contribution is 0.0136. The first-order chi connectivity index (χ1) is 13.0. The number of rotatable bonds is 9. The summed E-state index contributed by atoms with van der Waals surface area (Å²) in [6.07, 6.45) is -2.65. The van der Waals surface area contributed by atoms with Crippen molar-refractivity contribution < 1.29 is 24.5 Å². The number of amides is 1. The minimum atomic E-state index is -1.13. The number of carbonyl (C=O) groups excluding carboxylic acids is 2. The fraction of sp³-hybridized carbons (Fsp3) is 0.300. The Morgan fingerprint density at radius 2 is 1.70 bits per heavy atom. The number of aliphatic hydroxyl groups is 2. The molecule has 2 aromatic carbocycles. The Labute approximate surface area is 157 Å². The summed E-state index contributed by atoms with van der Waals surface area (Å²) in [5.74, 6) is -0.199. The van der Waals surface area contributed by atoms with Gasteiger partial charge in [0.25, 0.3) is 0 Å². The smallest absolute Gasteiger partial charge is 0.407 e. The van der Waals surface area contributed by atoms with E-state index in [1.54, 1.807) is 24.3 Å². The number of nitrogens with one attached hydrogen (secondary N) is 1. The van der Waals surface area contributed by atoms with Crippen LogP contribution in [-0.2, 0) is 11.3 Å². The third-order valence-corrected chi connectivity index (χ3v) is 4.05. The molecule has 2 atom stereocenters. The van der Waals surface area contributed by atoms with Crippen LogP contribution in [0.5, 0.6) is 0 Å². The van der Waals surface area contributed by atoms with Gasteiger partial charge in [0.1, 0.15) is 12.7 Å². The zero-order valence-corrected chi connectivity index (χ0v) is 14.9. The molecule has 2 rings (SSSR count). The van der Waals surface area contributed by atoms with Crippen molar-refractivity contribution in [3.05, 3.63) is 71.3 Å². The highest BCUT2D eigenvalue weighted by Gasteiger charge is 2.19. The van der Waals surface area contributed by atoms with E-state index < -0.39 is 18.3 Å². The van der Waals surface area contributed by atoms with E-state index >= 15 is 0 Å². The molecule has 2 aromatic rings. The van der Waals surface area contributed by atoms with Crippen LogP contribution in [-0.4, -0.2) is 41.3 Å². The highest BCUT2D eigenvalue weighted by molar-refractivity contribution is 5.97. The summed E-state index contributed by atoms with van der Waals surface area (Å²) < 4.78 is 5.06. The summed E-state index contributed by atoms with van der Waals surface area (Å²) in [6.45, 7) is 0.220. The molecule has 0 aliphatic rings. The first kappa shape index (κ1) is 20.6. The summed E-state index contributed by atoms with van der Waals surface area (Å²) in [7, 11) is 0. The van der Waals surface area contributed by atoms with Crippen molar-refractivity contribution in [3.8, 4) is 0 Å². The van der Waals surface area contributed by atoms with Crippen molar-refractivity contribution in [2.24, 2.45) is 5.73 Å². The van der Waals surface area contributed by atoms with Crippen LogP contribution in [0.2, 0.25) is 0 Å². The molecule has 5 N–H and O–H groups in total. The van der Waals surface area contributed by atoms with Crippen molar-refractivity contribution in [2.45, 2.75) is 25.2 Å². The molecule has 0 bridgehead atoms. The van der Waals surface area contributed by atoms with Crippen molar-refractivity contribution in [3.63, 3.8) is 0 Å². The molecule has 144 valence electrons. The Hall–Kier alpha value is -2.74. The lowest BCUT2D eigenvalue weighted by Gasteiger charge is -2.18. The van der Waals surface area contributed by atoms with E-state index in [4.69, 9.17) is 10.5 Å². The number of ketones is 1. The average molecular weight is 372 g/mol. The first-order valence-corrected chi connectivity index (χ1v) is 8.65. The van der Waals surface area contributed by atoms with E-state index in [2.05, 4.69) is 5.32 Å². The number of hydrogen-bond donors (Lipinski definition) is 4. The van der Waals surface area contributed by atoms with Crippen molar-refractivity contribution in [1.82, 2.24) is 5.32 Å². The topological polar surface area (TPSA) is 122 Å². The summed E-state index contributed by atoms with van der Waals surface area (Å²) in [6, 6.07) is 15.5. The van der Waals surface area contributed by atoms with Gasteiger partial charge in [-0.3, -0.25) is 4.79 Å². The second kappa shape index (κ2) is 10.4. The molecule has 0 saturated carbocycles.